The van der Waals surface area contributed by atoms with Crippen molar-refractivity contribution < 1.29 is 14.5 Å². The summed E-state index contributed by atoms with van der Waals surface area (Å²) < 4.78 is 0. The third-order valence-corrected chi connectivity index (χ3v) is 3.82. The summed E-state index contributed by atoms with van der Waals surface area (Å²) in [6, 6.07) is 19.0. The molecule has 2 rings (SSSR count). The SMILES string of the molecule is C[NH+](C)C[C@@H](NC(=O)CCC(=O)c1ccccc1)c1ccccc1. The Kier molecular flexibility index (Phi) is 6.70. The van der Waals surface area contributed by atoms with E-state index in [0.717, 1.165) is 12.1 Å². The summed E-state index contributed by atoms with van der Waals surface area (Å²) in [6.07, 6.45) is 0.437. The van der Waals surface area contributed by atoms with Gasteiger partial charge in [0.1, 0.15) is 12.6 Å². The summed E-state index contributed by atoms with van der Waals surface area (Å²) in [5, 5.41) is 3.06. The first-order valence-electron chi connectivity index (χ1n) is 8.28. The molecular formula is C20H25N2O2+. The predicted octanol–water partition coefficient (Wildman–Crippen LogP) is 1.65. The maximum atomic E-state index is 12.3. The van der Waals surface area contributed by atoms with Crippen molar-refractivity contribution in [3.63, 3.8) is 0 Å². The monoisotopic (exact) mass is 325 g/mol. The van der Waals surface area contributed by atoms with E-state index >= 15 is 0 Å². The molecule has 1 amide bonds. The van der Waals surface area contributed by atoms with E-state index in [4.69, 9.17) is 0 Å². The lowest BCUT2D eigenvalue weighted by atomic mass is 10.0. The summed E-state index contributed by atoms with van der Waals surface area (Å²) in [4.78, 5) is 25.6. The molecule has 4 heteroatoms. The molecule has 0 bridgehead atoms. The van der Waals surface area contributed by atoms with Crippen LogP contribution in [0.4, 0.5) is 0 Å². The molecule has 2 aromatic carbocycles. The van der Waals surface area contributed by atoms with Gasteiger partial charge in [-0.3, -0.25) is 9.59 Å². The molecule has 2 aromatic rings. The molecule has 0 aliphatic heterocycles. The highest BCUT2D eigenvalue weighted by molar-refractivity contribution is 5.97. The van der Waals surface area contributed by atoms with Gasteiger partial charge in [0.05, 0.1) is 14.1 Å². The van der Waals surface area contributed by atoms with Crippen molar-refractivity contribution >= 4 is 11.7 Å². The molecular weight excluding hydrogens is 300 g/mol. The zero-order valence-electron chi connectivity index (χ0n) is 14.3. The summed E-state index contributed by atoms with van der Waals surface area (Å²) in [7, 11) is 4.11. The molecule has 0 saturated heterocycles. The van der Waals surface area contributed by atoms with Gasteiger partial charge in [0.2, 0.25) is 5.91 Å². The van der Waals surface area contributed by atoms with E-state index < -0.39 is 0 Å². The fraction of sp³-hybridized carbons (Fsp3) is 0.300. The zero-order valence-corrected chi connectivity index (χ0v) is 14.3. The highest BCUT2D eigenvalue weighted by atomic mass is 16.2. The first-order valence-corrected chi connectivity index (χ1v) is 8.28. The Bertz CT molecular complexity index is 654. The topological polar surface area (TPSA) is 50.6 Å². The van der Waals surface area contributed by atoms with Gasteiger partial charge in [0.15, 0.2) is 5.78 Å². The van der Waals surface area contributed by atoms with Gasteiger partial charge < -0.3 is 10.2 Å². The quantitative estimate of drug-likeness (QED) is 0.725. The summed E-state index contributed by atoms with van der Waals surface area (Å²) >= 11 is 0. The standard InChI is InChI=1S/C20H24N2O2/c1-22(2)15-18(16-9-5-3-6-10-16)21-20(24)14-13-19(23)17-11-7-4-8-12-17/h3-12,18H,13-15H2,1-2H3,(H,21,24)/p+1/t18-/m1/s1. The molecule has 24 heavy (non-hydrogen) atoms. The number of amides is 1. The van der Waals surface area contributed by atoms with Crippen LogP contribution in [0.15, 0.2) is 60.7 Å². The third-order valence-electron chi connectivity index (χ3n) is 3.82. The molecule has 0 radical (unpaired) electrons. The molecule has 0 spiro atoms. The first kappa shape index (κ1) is 17.9. The largest absolute Gasteiger partial charge is 0.344 e. The first-order chi connectivity index (χ1) is 11.6. The van der Waals surface area contributed by atoms with Crippen LogP contribution in [-0.2, 0) is 4.79 Å². The Hall–Kier alpha value is -2.46. The number of carbonyl (C=O) groups is 2. The summed E-state index contributed by atoms with van der Waals surface area (Å²) in [5.41, 5.74) is 1.74. The molecule has 0 fully saturated rings. The minimum atomic E-state index is -0.0885. The average molecular weight is 325 g/mol. The zero-order chi connectivity index (χ0) is 17.4. The molecule has 126 valence electrons. The minimum absolute atomic E-state index is 0.000227. The molecule has 0 saturated carbocycles. The lowest BCUT2D eigenvalue weighted by molar-refractivity contribution is -0.860. The molecule has 4 nitrogen and oxygen atoms in total. The smallest absolute Gasteiger partial charge is 0.221 e. The molecule has 0 aromatic heterocycles. The van der Waals surface area contributed by atoms with Crippen LogP contribution in [0.3, 0.4) is 0 Å². The number of rotatable bonds is 8. The molecule has 0 unspecified atom stereocenters. The van der Waals surface area contributed by atoms with Crippen LogP contribution < -0.4 is 10.2 Å². The lowest BCUT2D eigenvalue weighted by Gasteiger charge is -2.20. The Morgan fingerprint density at radius 1 is 0.917 bits per heavy atom. The predicted molar refractivity (Wildman–Crippen MR) is 95.0 cm³/mol. The fourth-order valence-electron chi connectivity index (χ4n) is 2.61. The second-order valence-electron chi connectivity index (χ2n) is 6.23. The van der Waals surface area contributed by atoms with Gasteiger partial charge in [0, 0.05) is 18.4 Å². The average Bonchev–Trinajstić information content (AvgIpc) is 2.60. The molecule has 0 heterocycles. The van der Waals surface area contributed by atoms with E-state index in [1.165, 1.54) is 4.90 Å². The molecule has 0 aliphatic rings. The Labute approximate surface area is 143 Å². The van der Waals surface area contributed by atoms with Crippen LogP contribution in [0.5, 0.6) is 0 Å². The van der Waals surface area contributed by atoms with E-state index in [2.05, 4.69) is 19.4 Å². The van der Waals surface area contributed by atoms with Crippen molar-refractivity contribution in [2.24, 2.45) is 0 Å². The third kappa shape index (κ3) is 5.63. The van der Waals surface area contributed by atoms with Crippen molar-refractivity contribution in [2.45, 2.75) is 18.9 Å². The lowest BCUT2D eigenvalue weighted by Crippen LogP contribution is -3.06. The second kappa shape index (κ2) is 8.99. The van der Waals surface area contributed by atoms with Crippen LogP contribution in [0.25, 0.3) is 0 Å². The van der Waals surface area contributed by atoms with E-state index in [1.54, 1.807) is 12.1 Å². The number of ketones is 1. The van der Waals surface area contributed by atoms with E-state index in [1.807, 2.05) is 48.5 Å². The fourth-order valence-corrected chi connectivity index (χ4v) is 2.61. The minimum Gasteiger partial charge on any atom is -0.344 e. The number of benzene rings is 2. The van der Waals surface area contributed by atoms with E-state index in [-0.39, 0.29) is 30.6 Å². The van der Waals surface area contributed by atoms with Crippen LogP contribution in [-0.4, -0.2) is 32.3 Å². The maximum absolute atomic E-state index is 12.3. The normalized spacial score (nSPS) is 12.0. The van der Waals surface area contributed by atoms with Gasteiger partial charge in [-0.25, -0.2) is 0 Å². The van der Waals surface area contributed by atoms with Crippen molar-refractivity contribution in [3.8, 4) is 0 Å². The number of hydrogen-bond acceptors (Lipinski definition) is 2. The number of carbonyl (C=O) groups excluding carboxylic acids is 2. The highest BCUT2D eigenvalue weighted by Crippen LogP contribution is 2.12. The Balaban J connectivity index is 1.92. The Morgan fingerprint density at radius 2 is 1.50 bits per heavy atom. The van der Waals surface area contributed by atoms with Crippen molar-refractivity contribution in [1.82, 2.24) is 5.32 Å². The summed E-state index contributed by atoms with van der Waals surface area (Å²) in [5.74, 6) is -0.0883. The summed E-state index contributed by atoms with van der Waals surface area (Å²) in [6.45, 7) is 0.794. The van der Waals surface area contributed by atoms with Gasteiger partial charge in [0.25, 0.3) is 0 Å². The van der Waals surface area contributed by atoms with Gasteiger partial charge in [-0.1, -0.05) is 60.7 Å². The van der Waals surface area contributed by atoms with Crippen LogP contribution in [0, 0.1) is 0 Å². The molecule has 0 aliphatic carbocycles. The van der Waals surface area contributed by atoms with Crippen molar-refractivity contribution in [3.05, 3.63) is 71.8 Å². The maximum Gasteiger partial charge on any atom is 0.221 e. The number of likely N-dealkylation sites (N-methyl/N-ethyl adjacent to an activating group) is 1. The van der Waals surface area contributed by atoms with Crippen LogP contribution >= 0.6 is 0 Å². The van der Waals surface area contributed by atoms with Gasteiger partial charge >= 0.3 is 0 Å². The highest BCUT2D eigenvalue weighted by Gasteiger charge is 2.18. The van der Waals surface area contributed by atoms with Crippen molar-refractivity contribution in [1.29, 1.82) is 0 Å². The molecule has 1 atom stereocenters. The van der Waals surface area contributed by atoms with Gasteiger partial charge in [-0.05, 0) is 5.56 Å². The number of Topliss-reactive ketones (excluding diaryl/α,β-unsaturated/α-hetero) is 1. The van der Waals surface area contributed by atoms with Crippen molar-refractivity contribution in [2.75, 3.05) is 20.6 Å². The van der Waals surface area contributed by atoms with Crippen LogP contribution in [0.1, 0.15) is 34.8 Å². The number of nitrogens with one attached hydrogen (secondary N) is 2. The molecule has 2 N–H and O–H groups in total. The van der Waals surface area contributed by atoms with Crippen LogP contribution in [0.2, 0.25) is 0 Å². The second-order valence-corrected chi connectivity index (χ2v) is 6.23. The van der Waals surface area contributed by atoms with E-state index in [9.17, 15) is 9.59 Å². The van der Waals surface area contributed by atoms with E-state index in [0.29, 0.717) is 5.56 Å². The number of hydrogen-bond donors (Lipinski definition) is 2. The Morgan fingerprint density at radius 3 is 2.08 bits per heavy atom. The van der Waals surface area contributed by atoms with Gasteiger partial charge in [-0.2, -0.15) is 0 Å². The van der Waals surface area contributed by atoms with Gasteiger partial charge in [-0.15, -0.1) is 0 Å². The number of quaternary nitrogens is 1.